The number of hydrogen-bond donors (Lipinski definition) is 2. The number of hydrogen-bond acceptors (Lipinski definition) is 5. The molecule has 0 bridgehead atoms. The van der Waals surface area contributed by atoms with Crippen LogP contribution in [0.2, 0.25) is 0 Å². The highest BCUT2D eigenvalue weighted by Crippen LogP contribution is 1.94. The zero-order valence-electron chi connectivity index (χ0n) is 10.8. The largest absolute Gasteiger partial charge is 0.480 e. The van der Waals surface area contributed by atoms with Crippen LogP contribution in [0, 0.1) is 0 Å². The predicted molar refractivity (Wildman–Crippen MR) is 64.5 cm³/mol. The smallest absolute Gasteiger partial charge is 0.317 e. The van der Waals surface area contributed by atoms with Crippen LogP contribution in [0.1, 0.15) is 13.8 Å². The van der Waals surface area contributed by atoms with Crippen LogP contribution >= 0.6 is 0 Å². The Morgan fingerprint density at radius 2 is 1.33 bits per heavy atom. The summed E-state index contributed by atoms with van der Waals surface area (Å²) in [5, 5.41) is 17.4. The Hall–Kier alpha value is -1.47. The van der Waals surface area contributed by atoms with Gasteiger partial charge in [-0.15, -0.1) is 0 Å². The van der Waals surface area contributed by atoms with Crippen LogP contribution < -0.4 is 0 Å². The molecule has 0 aliphatic carbocycles. The van der Waals surface area contributed by atoms with Crippen molar-refractivity contribution in [3.8, 4) is 0 Å². The Morgan fingerprint density at radius 1 is 0.889 bits per heavy atom. The van der Waals surface area contributed by atoms with Crippen LogP contribution in [0.4, 0.5) is 0 Å². The molecule has 0 aromatic rings. The molecule has 0 heterocycles. The third-order valence-corrected chi connectivity index (χ3v) is 2.34. The minimum absolute atomic E-state index is 0.0664. The molecular formula is C11H20N2O5. The fourth-order valence-electron chi connectivity index (χ4n) is 1.54. The average molecular weight is 260 g/mol. The monoisotopic (exact) mass is 260 g/mol. The third kappa shape index (κ3) is 8.66. The second kappa shape index (κ2) is 8.60. The standard InChI is InChI=1S/C11H20N2O5/c1-3-12(7-10(15)16)4-5-13(6-9(2)14)8-11(17)18/h3-8H2,1-2H3,(H,15,16)(H,17,18). The van der Waals surface area contributed by atoms with Gasteiger partial charge < -0.3 is 10.2 Å². The fraction of sp³-hybridized carbons (Fsp3) is 0.727. The van der Waals surface area contributed by atoms with Gasteiger partial charge in [0.2, 0.25) is 0 Å². The second-order valence-electron chi connectivity index (χ2n) is 4.07. The lowest BCUT2D eigenvalue weighted by Crippen LogP contribution is -2.41. The first-order valence-electron chi connectivity index (χ1n) is 5.72. The van der Waals surface area contributed by atoms with Crippen molar-refractivity contribution >= 4 is 17.7 Å². The lowest BCUT2D eigenvalue weighted by molar-refractivity contribution is -0.140. The highest BCUT2D eigenvalue weighted by Gasteiger charge is 2.14. The van der Waals surface area contributed by atoms with Crippen molar-refractivity contribution in [1.82, 2.24) is 9.80 Å². The first-order valence-corrected chi connectivity index (χ1v) is 5.72. The van der Waals surface area contributed by atoms with Crippen molar-refractivity contribution in [2.24, 2.45) is 0 Å². The Bertz CT molecular complexity index is 290. The van der Waals surface area contributed by atoms with Crippen LogP contribution in [-0.2, 0) is 14.4 Å². The number of carbonyl (C=O) groups is 3. The summed E-state index contributed by atoms with van der Waals surface area (Å²) in [6, 6.07) is 0. The number of nitrogens with zero attached hydrogens (tertiary/aromatic N) is 2. The van der Waals surface area contributed by atoms with E-state index in [9.17, 15) is 14.4 Å². The first kappa shape index (κ1) is 16.5. The number of Topliss-reactive ketones (excluding diaryl/α,β-unsaturated/α-hetero) is 1. The summed E-state index contributed by atoms with van der Waals surface area (Å²) in [5.41, 5.74) is 0. The molecule has 0 spiro atoms. The molecule has 0 rings (SSSR count). The van der Waals surface area contributed by atoms with Gasteiger partial charge in [-0.05, 0) is 13.5 Å². The molecule has 0 aromatic heterocycles. The highest BCUT2D eigenvalue weighted by molar-refractivity contribution is 5.78. The molecule has 18 heavy (non-hydrogen) atoms. The molecule has 104 valence electrons. The van der Waals surface area contributed by atoms with Gasteiger partial charge in [0.25, 0.3) is 0 Å². The number of ketones is 1. The van der Waals surface area contributed by atoms with Gasteiger partial charge in [0.05, 0.1) is 19.6 Å². The van der Waals surface area contributed by atoms with Crippen molar-refractivity contribution in [1.29, 1.82) is 0 Å². The number of carboxylic acid groups (broad SMARTS) is 2. The van der Waals surface area contributed by atoms with Crippen molar-refractivity contribution in [2.45, 2.75) is 13.8 Å². The molecule has 0 radical (unpaired) electrons. The van der Waals surface area contributed by atoms with E-state index in [0.717, 1.165) is 0 Å². The third-order valence-electron chi connectivity index (χ3n) is 2.34. The molecule has 0 amide bonds. The molecule has 0 aliphatic heterocycles. The molecule has 7 nitrogen and oxygen atoms in total. The van der Waals surface area contributed by atoms with Gasteiger partial charge in [0.15, 0.2) is 0 Å². The summed E-state index contributed by atoms with van der Waals surface area (Å²) in [6.45, 7) is 4.32. The molecular weight excluding hydrogens is 240 g/mol. The normalized spacial score (nSPS) is 10.9. The molecule has 2 N–H and O–H groups in total. The van der Waals surface area contributed by atoms with Crippen LogP contribution in [-0.4, -0.2) is 77.0 Å². The van der Waals surface area contributed by atoms with E-state index in [1.54, 1.807) is 4.90 Å². The summed E-state index contributed by atoms with van der Waals surface area (Å²) in [5.74, 6) is -2.04. The second-order valence-corrected chi connectivity index (χ2v) is 4.07. The Morgan fingerprint density at radius 3 is 1.72 bits per heavy atom. The van der Waals surface area contributed by atoms with E-state index in [0.29, 0.717) is 19.6 Å². The van der Waals surface area contributed by atoms with Crippen LogP contribution in [0.5, 0.6) is 0 Å². The average Bonchev–Trinajstić information content (AvgIpc) is 2.21. The maximum absolute atomic E-state index is 11.0. The van der Waals surface area contributed by atoms with E-state index in [2.05, 4.69) is 0 Å². The number of rotatable bonds is 10. The van der Waals surface area contributed by atoms with E-state index in [1.807, 2.05) is 6.92 Å². The van der Waals surface area contributed by atoms with Crippen molar-refractivity contribution in [2.75, 3.05) is 39.3 Å². The minimum Gasteiger partial charge on any atom is -0.480 e. The lowest BCUT2D eigenvalue weighted by atomic mass is 10.3. The topological polar surface area (TPSA) is 98.2 Å². The Labute approximate surface area is 106 Å². The fourth-order valence-corrected chi connectivity index (χ4v) is 1.54. The van der Waals surface area contributed by atoms with E-state index >= 15 is 0 Å². The number of carbonyl (C=O) groups excluding carboxylic acids is 1. The minimum atomic E-state index is -1.00. The zero-order valence-corrected chi connectivity index (χ0v) is 10.8. The van der Waals surface area contributed by atoms with Gasteiger partial charge in [-0.1, -0.05) is 6.92 Å². The number of likely N-dealkylation sites (N-methyl/N-ethyl adjacent to an activating group) is 1. The van der Waals surface area contributed by atoms with Crippen LogP contribution in [0.25, 0.3) is 0 Å². The van der Waals surface area contributed by atoms with Crippen molar-refractivity contribution in [3.63, 3.8) is 0 Å². The van der Waals surface area contributed by atoms with Crippen LogP contribution in [0.15, 0.2) is 0 Å². The molecule has 0 fully saturated rings. The van der Waals surface area contributed by atoms with Gasteiger partial charge in [-0.25, -0.2) is 0 Å². The van der Waals surface area contributed by atoms with E-state index in [4.69, 9.17) is 10.2 Å². The zero-order chi connectivity index (χ0) is 14.1. The summed E-state index contributed by atoms with van der Waals surface area (Å²) >= 11 is 0. The quantitative estimate of drug-likeness (QED) is 0.539. The lowest BCUT2D eigenvalue weighted by Gasteiger charge is -2.23. The van der Waals surface area contributed by atoms with Gasteiger partial charge in [-0.2, -0.15) is 0 Å². The Balaban J connectivity index is 4.25. The van der Waals surface area contributed by atoms with Gasteiger partial charge in [-0.3, -0.25) is 24.2 Å². The molecule has 7 heteroatoms. The molecule has 0 saturated heterocycles. The van der Waals surface area contributed by atoms with E-state index in [1.165, 1.54) is 11.8 Å². The molecule has 0 aromatic carbocycles. The first-order chi connectivity index (χ1) is 8.35. The van der Waals surface area contributed by atoms with Crippen molar-refractivity contribution in [3.05, 3.63) is 0 Å². The van der Waals surface area contributed by atoms with Gasteiger partial charge >= 0.3 is 11.9 Å². The van der Waals surface area contributed by atoms with Crippen LogP contribution in [0.3, 0.4) is 0 Å². The Kier molecular flexibility index (Phi) is 7.89. The highest BCUT2D eigenvalue weighted by atomic mass is 16.4. The molecule has 0 saturated carbocycles. The summed E-state index contributed by atoms with van der Waals surface area (Å²) in [7, 11) is 0. The maximum atomic E-state index is 11.0. The summed E-state index contributed by atoms with van der Waals surface area (Å²) in [4.78, 5) is 35.3. The summed E-state index contributed by atoms with van der Waals surface area (Å²) in [6.07, 6.45) is 0. The van der Waals surface area contributed by atoms with Gasteiger partial charge in [0, 0.05) is 13.1 Å². The predicted octanol–water partition coefficient (Wildman–Crippen LogP) is -0.631. The van der Waals surface area contributed by atoms with E-state index < -0.39 is 11.9 Å². The van der Waals surface area contributed by atoms with E-state index in [-0.39, 0.29) is 25.4 Å². The van der Waals surface area contributed by atoms with Crippen molar-refractivity contribution < 1.29 is 24.6 Å². The molecule has 0 aliphatic rings. The molecule has 0 atom stereocenters. The SMILES string of the molecule is CCN(CCN(CC(C)=O)CC(=O)O)CC(=O)O. The maximum Gasteiger partial charge on any atom is 0.317 e. The number of aliphatic carboxylic acids is 2. The number of carboxylic acids is 2. The van der Waals surface area contributed by atoms with Gasteiger partial charge in [0.1, 0.15) is 5.78 Å². The molecule has 0 unspecified atom stereocenters. The summed E-state index contributed by atoms with van der Waals surface area (Å²) < 4.78 is 0.